The Morgan fingerprint density at radius 2 is 2.10 bits per heavy atom. The maximum absolute atomic E-state index is 12.1. The molecule has 2 saturated heterocycles. The molecule has 8 nitrogen and oxygen atoms in total. The fraction of sp³-hybridized carbons (Fsp3) is 0.524. The number of piperidine rings is 1. The summed E-state index contributed by atoms with van der Waals surface area (Å²) in [4.78, 5) is 32.6. The Kier molecular flexibility index (Phi) is 5.73. The highest BCUT2D eigenvalue weighted by Gasteiger charge is 2.34. The third-order valence-electron chi connectivity index (χ3n) is 5.92. The number of ketones is 1. The molecule has 8 heteroatoms. The van der Waals surface area contributed by atoms with Crippen molar-refractivity contribution >= 4 is 22.7 Å². The Morgan fingerprint density at radius 3 is 2.83 bits per heavy atom. The van der Waals surface area contributed by atoms with Crippen LogP contribution in [-0.4, -0.2) is 58.6 Å². The minimum Gasteiger partial charge on any atom is -0.481 e. The molecular weight excluding hydrogens is 372 g/mol. The van der Waals surface area contributed by atoms with Crippen LogP contribution in [-0.2, 0) is 9.59 Å². The van der Waals surface area contributed by atoms with Crippen molar-refractivity contribution in [1.82, 2.24) is 20.6 Å². The highest BCUT2D eigenvalue weighted by Crippen LogP contribution is 2.34. The number of carbonyl (C=O) groups excluding carboxylic acids is 1. The van der Waals surface area contributed by atoms with Crippen LogP contribution >= 0.6 is 0 Å². The van der Waals surface area contributed by atoms with Gasteiger partial charge in [-0.1, -0.05) is 0 Å². The van der Waals surface area contributed by atoms with Crippen LogP contribution in [0.15, 0.2) is 24.5 Å². The molecule has 2 aromatic rings. The van der Waals surface area contributed by atoms with Crippen LogP contribution in [0.1, 0.15) is 37.8 Å². The van der Waals surface area contributed by atoms with Crippen LogP contribution in [0, 0.1) is 5.92 Å². The summed E-state index contributed by atoms with van der Waals surface area (Å²) >= 11 is 0. The second-order valence-corrected chi connectivity index (χ2v) is 7.83. The zero-order valence-corrected chi connectivity index (χ0v) is 16.4. The van der Waals surface area contributed by atoms with Gasteiger partial charge in [-0.05, 0) is 51.4 Å². The fourth-order valence-corrected chi connectivity index (χ4v) is 4.44. The first-order valence-corrected chi connectivity index (χ1v) is 10.1. The molecule has 1 aromatic heterocycles. The van der Waals surface area contributed by atoms with Gasteiger partial charge in [0.25, 0.3) is 0 Å². The Morgan fingerprint density at radius 1 is 1.24 bits per heavy atom. The van der Waals surface area contributed by atoms with Crippen molar-refractivity contribution in [3.05, 3.63) is 30.2 Å². The van der Waals surface area contributed by atoms with Gasteiger partial charge >= 0.3 is 5.97 Å². The number of benzene rings is 1. The van der Waals surface area contributed by atoms with E-state index in [1.165, 1.54) is 6.33 Å². The molecular formula is C21H26N4O4. The topological polar surface area (TPSA) is 113 Å². The minimum atomic E-state index is -0.817. The van der Waals surface area contributed by atoms with E-state index in [2.05, 4.69) is 20.6 Å². The first-order chi connectivity index (χ1) is 14.0. The van der Waals surface area contributed by atoms with Gasteiger partial charge in [-0.15, -0.1) is 0 Å². The smallest absolute Gasteiger partial charge is 0.308 e. The standard InChI is InChI=1S/C21H26N4O4/c1-12(26)20(17-3-2-7-23-17)29-13-4-5-15-18(9-13)24-11-25-19(15)14-6-8-22-10-16(14)21(27)28/h4-5,9,11,14,16-17,20,22-23H,2-3,6-8,10H2,1H3,(H,27,28). The van der Waals surface area contributed by atoms with E-state index in [1.807, 2.05) is 18.2 Å². The molecule has 3 N–H and O–H groups in total. The number of nitrogens with one attached hydrogen (secondary N) is 2. The van der Waals surface area contributed by atoms with Crippen LogP contribution in [0.3, 0.4) is 0 Å². The second kappa shape index (κ2) is 8.42. The normalized spacial score (nSPS) is 25.6. The summed E-state index contributed by atoms with van der Waals surface area (Å²) in [5.74, 6) is -0.933. The predicted molar refractivity (Wildman–Crippen MR) is 107 cm³/mol. The van der Waals surface area contributed by atoms with Gasteiger partial charge in [0.15, 0.2) is 11.9 Å². The maximum Gasteiger partial charge on any atom is 0.308 e. The number of rotatable bonds is 6. The summed E-state index contributed by atoms with van der Waals surface area (Å²) < 4.78 is 6.04. The number of carboxylic acid groups (broad SMARTS) is 1. The van der Waals surface area contributed by atoms with Crippen molar-refractivity contribution in [2.75, 3.05) is 19.6 Å². The Labute approximate surface area is 169 Å². The molecule has 1 aromatic carbocycles. The Balaban J connectivity index is 1.63. The van der Waals surface area contributed by atoms with E-state index < -0.39 is 18.0 Å². The molecule has 0 bridgehead atoms. The number of Topliss-reactive ketones (excluding diaryl/α,β-unsaturated/α-hetero) is 1. The lowest BCUT2D eigenvalue weighted by molar-refractivity contribution is -0.143. The number of carbonyl (C=O) groups is 2. The molecule has 4 rings (SSSR count). The summed E-state index contributed by atoms with van der Waals surface area (Å²) in [6, 6.07) is 5.52. The summed E-state index contributed by atoms with van der Waals surface area (Å²) in [6.45, 7) is 3.64. The highest BCUT2D eigenvalue weighted by molar-refractivity contribution is 5.84. The fourth-order valence-electron chi connectivity index (χ4n) is 4.44. The monoisotopic (exact) mass is 398 g/mol. The van der Waals surface area contributed by atoms with Crippen LogP contribution in [0.5, 0.6) is 5.75 Å². The Hall–Kier alpha value is -2.58. The van der Waals surface area contributed by atoms with Gasteiger partial charge in [0.05, 0.1) is 23.2 Å². The van der Waals surface area contributed by atoms with Crippen molar-refractivity contribution in [1.29, 1.82) is 0 Å². The van der Waals surface area contributed by atoms with Gasteiger partial charge in [-0.2, -0.15) is 0 Å². The molecule has 0 aliphatic carbocycles. The van der Waals surface area contributed by atoms with E-state index >= 15 is 0 Å². The second-order valence-electron chi connectivity index (χ2n) is 7.83. The van der Waals surface area contributed by atoms with Crippen molar-refractivity contribution in [2.45, 2.75) is 44.2 Å². The minimum absolute atomic E-state index is 0.00752. The van der Waals surface area contributed by atoms with Crippen LogP contribution in [0.25, 0.3) is 10.9 Å². The molecule has 0 amide bonds. The van der Waals surface area contributed by atoms with Gasteiger partial charge in [-0.25, -0.2) is 9.97 Å². The van der Waals surface area contributed by atoms with Crippen molar-refractivity contribution in [2.24, 2.45) is 5.92 Å². The van der Waals surface area contributed by atoms with E-state index in [0.717, 1.165) is 37.0 Å². The lowest BCUT2D eigenvalue weighted by Gasteiger charge is -2.29. The summed E-state index contributed by atoms with van der Waals surface area (Å²) in [5.41, 5.74) is 1.45. The predicted octanol–water partition coefficient (Wildman–Crippen LogP) is 1.50. The molecule has 0 saturated carbocycles. The van der Waals surface area contributed by atoms with Crippen molar-refractivity contribution in [3.63, 3.8) is 0 Å². The summed E-state index contributed by atoms with van der Waals surface area (Å²) in [5, 5.41) is 16.9. The van der Waals surface area contributed by atoms with E-state index in [0.29, 0.717) is 24.2 Å². The largest absolute Gasteiger partial charge is 0.481 e. The first-order valence-electron chi connectivity index (χ1n) is 10.1. The number of fused-ring (bicyclic) bond motifs is 1. The number of ether oxygens (including phenoxy) is 1. The lowest BCUT2D eigenvalue weighted by atomic mass is 9.82. The maximum atomic E-state index is 12.1. The van der Waals surface area contributed by atoms with Crippen LogP contribution in [0.2, 0.25) is 0 Å². The van der Waals surface area contributed by atoms with Gasteiger partial charge < -0.3 is 20.5 Å². The average Bonchev–Trinajstić information content (AvgIpc) is 3.25. The van der Waals surface area contributed by atoms with Crippen LogP contribution in [0.4, 0.5) is 0 Å². The van der Waals surface area contributed by atoms with E-state index in [4.69, 9.17) is 4.74 Å². The zero-order valence-electron chi connectivity index (χ0n) is 16.4. The molecule has 29 heavy (non-hydrogen) atoms. The molecule has 3 heterocycles. The number of carboxylic acids is 1. The van der Waals surface area contributed by atoms with Crippen LogP contribution < -0.4 is 15.4 Å². The highest BCUT2D eigenvalue weighted by atomic mass is 16.5. The number of aliphatic carboxylic acids is 1. The van der Waals surface area contributed by atoms with Crippen molar-refractivity contribution in [3.8, 4) is 5.75 Å². The molecule has 154 valence electrons. The zero-order chi connectivity index (χ0) is 20.4. The summed E-state index contributed by atoms with van der Waals surface area (Å²) in [7, 11) is 0. The van der Waals surface area contributed by atoms with Gasteiger partial charge in [-0.3, -0.25) is 9.59 Å². The SMILES string of the molecule is CC(=O)C(Oc1ccc2c(C3CCNCC3C(=O)O)ncnc2c1)C1CCCN1. The molecule has 0 radical (unpaired) electrons. The van der Waals surface area contributed by atoms with E-state index in [1.54, 1.807) is 6.92 Å². The molecule has 0 spiro atoms. The number of hydrogen-bond donors (Lipinski definition) is 3. The molecule has 2 fully saturated rings. The molecule has 4 unspecified atom stereocenters. The molecule has 4 atom stereocenters. The van der Waals surface area contributed by atoms with Crippen molar-refractivity contribution < 1.29 is 19.4 Å². The lowest BCUT2D eigenvalue weighted by Crippen LogP contribution is -2.43. The quantitative estimate of drug-likeness (QED) is 0.671. The van der Waals surface area contributed by atoms with Gasteiger partial charge in [0, 0.05) is 23.9 Å². The van der Waals surface area contributed by atoms with Gasteiger partial charge in [0.2, 0.25) is 0 Å². The third kappa shape index (κ3) is 4.09. The average molecular weight is 398 g/mol. The van der Waals surface area contributed by atoms with E-state index in [-0.39, 0.29) is 17.7 Å². The summed E-state index contributed by atoms with van der Waals surface area (Å²) in [6.07, 6.45) is 3.60. The third-order valence-corrected chi connectivity index (χ3v) is 5.92. The number of aromatic nitrogens is 2. The molecule has 2 aliphatic rings. The van der Waals surface area contributed by atoms with E-state index in [9.17, 15) is 14.7 Å². The Bertz CT molecular complexity index is 913. The molecule has 2 aliphatic heterocycles. The number of nitrogens with zero attached hydrogens (tertiary/aromatic N) is 2. The first kappa shape index (κ1) is 19.7. The van der Waals surface area contributed by atoms with Gasteiger partial charge in [0.1, 0.15) is 12.1 Å². The number of hydrogen-bond acceptors (Lipinski definition) is 7.